The first-order chi connectivity index (χ1) is 9.01. The molecular weight excluding hydrogens is 258 g/mol. The van der Waals surface area contributed by atoms with Crippen molar-refractivity contribution in [3.05, 3.63) is 34.3 Å². The number of aryl methyl sites for hydroxylation is 1. The van der Waals surface area contributed by atoms with Crippen molar-refractivity contribution in [1.82, 2.24) is 9.97 Å². The lowest BCUT2D eigenvalue weighted by molar-refractivity contribution is 0.396. The van der Waals surface area contributed by atoms with Gasteiger partial charge >= 0.3 is 0 Å². The molecule has 0 saturated carbocycles. The predicted molar refractivity (Wildman–Crippen MR) is 79.2 cm³/mol. The van der Waals surface area contributed by atoms with E-state index in [1.54, 1.807) is 18.4 Å². The zero-order chi connectivity index (χ0) is 13.9. The van der Waals surface area contributed by atoms with Crippen molar-refractivity contribution in [3.8, 4) is 5.88 Å². The van der Waals surface area contributed by atoms with E-state index in [0.29, 0.717) is 11.7 Å². The summed E-state index contributed by atoms with van der Waals surface area (Å²) in [5, 5.41) is 5.47. The zero-order valence-electron chi connectivity index (χ0n) is 11.7. The number of ether oxygens (including phenoxy) is 1. The molecule has 0 atom stereocenters. The standard InChI is InChI=1S/C14H19N3OS/c1-10-16-12(8-13(17-10)18-4)15-9-14(2,3)11-6-5-7-19-11/h5-8H,9H2,1-4H3,(H,15,16,17). The molecular formula is C14H19N3OS. The molecule has 2 heterocycles. The van der Waals surface area contributed by atoms with Crippen LogP contribution in [0.5, 0.6) is 5.88 Å². The van der Waals surface area contributed by atoms with Gasteiger partial charge in [-0.2, -0.15) is 4.98 Å². The van der Waals surface area contributed by atoms with Crippen LogP contribution >= 0.6 is 11.3 Å². The van der Waals surface area contributed by atoms with E-state index in [-0.39, 0.29) is 5.41 Å². The first-order valence-corrected chi connectivity index (χ1v) is 7.07. The number of anilines is 1. The molecule has 0 radical (unpaired) electrons. The Morgan fingerprint density at radius 3 is 2.79 bits per heavy atom. The third-order valence-electron chi connectivity index (χ3n) is 2.92. The Morgan fingerprint density at radius 2 is 2.16 bits per heavy atom. The minimum absolute atomic E-state index is 0.0697. The highest BCUT2D eigenvalue weighted by Gasteiger charge is 2.21. The van der Waals surface area contributed by atoms with Gasteiger partial charge < -0.3 is 10.1 Å². The molecule has 19 heavy (non-hydrogen) atoms. The number of methoxy groups -OCH3 is 1. The van der Waals surface area contributed by atoms with E-state index in [1.807, 2.05) is 13.0 Å². The van der Waals surface area contributed by atoms with E-state index in [1.165, 1.54) is 4.88 Å². The number of nitrogens with one attached hydrogen (secondary N) is 1. The van der Waals surface area contributed by atoms with Crippen LogP contribution in [0.2, 0.25) is 0 Å². The van der Waals surface area contributed by atoms with Gasteiger partial charge in [0.15, 0.2) is 0 Å². The number of rotatable bonds is 5. The Kier molecular flexibility index (Phi) is 4.04. The highest BCUT2D eigenvalue weighted by Crippen LogP contribution is 2.27. The zero-order valence-corrected chi connectivity index (χ0v) is 12.5. The number of hydrogen-bond acceptors (Lipinski definition) is 5. The van der Waals surface area contributed by atoms with Crippen LogP contribution < -0.4 is 10.1 Å². The number of hydrogen-bond donors (Lipinski definition) is 1. The molecule has 0 aliphatic heterocycles. The fraction of sp³-hybridized carbons (Fsp3) is 0.429. The van der Waals surface area contributed by atoms with Gasteiger partial charge in [-0.1, -0.05) is 19.9 Å². The summed E-state index contributed by atoms with van der Waals surface area (Å²) in [5.74, 6) is 2.09. The summed E-state index contributed by atoms with van der Waals surface area (Å²) in [7, 11) is 1.61. The van der Waals surface area contributed by atoms with Crippen LogP contribution in [-0.2, 0) is 5.41 Å². The molecule has 0 unspecified atom stereocenters. The van der Waals surface area contributed by atoms with Crippen LogP contribution in [0.15, 0.2) is 23.6 Å². The van der Waals surface area contributed by atoms with Gasteiger partial charge in [-0.25, -0.2) is 4.98 Å². The topological polar surface area (TPSA) is 47.0 Å². The molecule has 2 aromatic heterocycles. The monoisotopic (exact) mass is 277 g/mol. The second-order valence-corrected chi connectivity index (χ2v) is 6.01. The molecule has 0 amide bonds. The summed E-state index contributed by atoms with van der Waals surface area (Å²) >= 11 is 1.78. The van der Waals surface area contributed by atoms with E-state index in [2.05, 4.69) is 46.6 Å². The largest absolute Gasteiger partial charge is 0.481 e. The van der Waals surface area contributed by atoms with Gasteiger partial charge in [-0.3, -0.25) is 0 Å². The van der Waals surface area contributed by atoms with E-state index in [4.69, 9.17) is 4.74 Å². The molecule has 0 aliphatic carbocycles. The Bertz CT molecular complexity index is 538. The molecule has 2 rings (SSSR count). The average molecular weight is 277 g/mol. The minimum Gasteiger partial charge on any atom is -0.481 e. The Balaban J connectivity index is 2.08. The second kappa shape index (κ2) is 5.57. The van der Waals surface area contributed by atoms with Gasteiger partial charge in [-0.05, 0) is 18.4 Å². The van der Waals surface area contributed by atoms with Crippen LogP contribution in [0, 0.1) is 6.92 Å². The number of aromatic nitrogens is 2. The van der Waals surface area contributed by atoms with Gasteiger partial charge in [0.05, 0.1) is 7.11 Å². The third-order valence-corrected chi connectivity index (χ3v) is 4.16. The summed E-state index contributed by atoms with van der Waals surface area (Å²) in [6.07, 6.45) is 0. The highest BCUT2D eigenvalue weighted by atomic mass is 32.1. The molecule has 0 bridgehead atoms. The van der Waals surface area contributed by atoms with Gasteiger partial charge in [0, 0.05) is 22.9 Å². The maximum atomic E-state index is 5.15. The normalized spacial score (nSPS) is 11.4. The molecule has 1 N–H and O–H groups in total. The van der Waals surface area contributed by atoms with Crippen LogP contribution in [0.3, 0.4) is 0 Å². The van der Waals surface area contributed by atoms with Crippen LogP contribution in [-0.4, -0.2) is 23.6 Å². The first kappa shape index (κ1) is 13.8. The predicted octanol–water partition coefficient (Wildman–Crippen LogP) is 3.24. The average Bonchev–Trinajstić information content (AvgIpc) is 2.90. The summed E-state index contributed by atoms with van der Waals surface area (Å²) < 4.78 is 5.15. The lowest BCUT2D eigenvalue weighted by Crippen LogP contribution is -2.27. The van der Waals surface area contributed by atoms with Crippen molar-refractivity contribution < 1.29 is 4.74 Å². The van der Waals surface area contributed by atoms with Crippen molar-refractivity contribution in [3.63, 3.8) is 0 Å². The minimum atomic E-state index is 0.0697. The van der Waals surface area contributed by atoms with E-state index in [9.17, 15) is 0 Å². The fourth-order valence-corrected chi connectivity index (χ4v) is 2.65. The van der Waals surface area contributed by atoms with Crippen molar-refractivity contribution in [1.29, 1.82) is 0 Å². The summed E-state index contributed by atoms with van der Waals surface area (Å²) in [5.41, 5.74) is 0.0697. The molecule has 4 nitrogen and oxygen atoms in total. The Labute approximate surface area is 117 Å². The van der Waals surface area contributed by atoms with Crippen molar-refractivity contribution >= 4 is 17.2 Å². The quantitative estimate of drug-likeness (QED) is 0.911. The molecule has 0 aliphatic rings. The Hall–Kier alpha value is -1.62. The smallest absolute Gasteiger partial charge is 0.218 e. The fourth-order valence-electron chi connectivity index (χ4n) is 1.80. The SMILES string of the molecule is COc1cc(NCC(C)(C)c2cccs2)nc(C)n1. The van der Waals surface area contributed by atoms with Gasteiger partial charge in [0.25, 0.3) is 0 Å². The number of thiophene rings is 1. The molecule has 2 aromatic rings. The molecule has 0 saturated heterocycles. The van der Waals surface area contributed by atoms with Crippen molar-refractivity contribution in [2.45, 2.75) is 26.2 Å². The summed E-state index contributed by atoms with van der Waals surface area (Å²) in [4.78, 5) is 9.90. The van der Waals surface area contributed by atoms with Crippen LogP contribution in [0.4, 0.5) is 5.82 Å². The van der Waals surface area contributed by atoms with E-state index < -0.39 is 0 Å². The lowest BCUT2D eigenvalue weighted by Gasteiger charge is -2.24. The van der Waals surface area contributed by atoms with Gasteiger partial charge in [0.1, 0.15) is 11.6 Å². The molecule has 0 aromatic carbocycles. The molecule has 102 valence electrons. The van der Waals surface area contributed by atoms with Crippen molar-refractivity contribution in [2.75, 3.05) is 19.0 Å². The van der Waals surface area contributed by atoms with Crippen LogP contribution in [0.25, 0.3) is 0 Å². The second-order valence-electron chi connectivity index (χ2n) is 5.06. The van der Waals surface area contributed by atoms with Gasteiger partial charge in [0.2, 0.25) is 5.88 Å². The highest BCUT2D eigenvalue weighted by molar-refractivity contribution is 7.10. The van der Waals surface area contributed by atoms with Gasteiger partial charge in [-0.15, -0.1) is 11.3 Å². The summed E-state index contributed by atoms with van der Waals surface area (Å²) in [6.45, 7) is 7.11. The maximum absolute atomic E-state index is 5.15. The molecule has 0 fully saturated rings. The molecule has 0 spiro atoms. The van der Waals surface area contributed by atoms with Crippen molar-refractivity contribution in [2.24, 2.45) is 0 Å². The summed E-state index contributed by atoms with van der Waals surface area (Å²) in [6, 6.07) is 6.06. The van der Waals surface area contributed by atoms with Crippen LogP contribution in [0.1, 0.15) is 24.5 Å². The third kappa shape index (κ3) is 3.44. The van der Waals surface area contributed by atoms with E-state index >= 15 is 0 Å². The molecule has 5 heteroatoms. The first-order valence-electron chi connectivity index (χ1n) is 6.19. The number of nitrogens with zero attached hydrogens (tertiary/aromatic N) is 2. The lowest BCUT2D eigenvalue weighted by atomic mass is 9.91. The Morgan fingerprint density at radius 1 is 1.37 bits per heavy atom. The maximum Gasteiger partial charge on any atom is 0.218 e. The van der Waals surface area contributed by atoms with E-state index in [0.717, 1.165) is 12.4 Å².